The second-order valence-corrected chi connectivity index (χ2v) is 4.32. The Labute approximate surface area is 110 Å². The molecule has 0 aliphatic heterocycles. The highest BCUT2D eigenvalue weighted by atomic mass is 19.4. The van der Waals surface area contributed by atoms with Crippen LogP contribution in [0.4, 0.5) is 18.9 Å². The predicted octanol–water partition coefficient (Wildman–Crippen LogP) is 3.16. The van der Waals surface area contributed by atoms with E-state index in [4.69, 9.17) is 5.73 Å². The molecule has 1 amide bonds. The molecule has 3 nitrogen and oxygen atoms in total. The molecule has 0 spiro atoms. The summed E-state index contributed by atoms with van der Waals surface area (Å²) in [6.07, 6.45) is -2.20. The number of halogens is 3. The summed E-state index contributed by atoms with van der Waals surface area (Å²) in [5.74, 6) is -0.465. The number of alkyl halides is 3. The third kappa shape index (κ3) is 4.90. The molecule has 19 heavy (non-hydrogen) atoms. The molecule has 0 fully saturated rings. The molecule has 0 aliphatic rings. The molecule has 1 atom stereocenters. The number of hydrogen-bond acceptors (Lipinski definition) is 2. The molecule has 3 N–H and O–H groups in total. The number of amides is 1. The van der Waals surface area contributed by atoms with E-state index in [0.29, 0.717) is 6.42 Å². The van der Waals surface area contributed by atoms with E-state index in [1.165, 1.54) is 12.1 Å². The largest absolute Gasteiger partial charge is 0.416 e. The van der Waals surface area contributed by atoms with Crippen LogP contribution in [0.15, 0.2) is 24.3 Å². The van der Waals surface area contributed by atoms with Crippen LogP contribution in [0.5, 0.6) is 0 Å². The average molecular weight is 274 g/mol. The molecule has 1 rings (SSSR count). The number of carbonyl (C=O) groups is 1. The molecule has 1 aromatic rings. The van der Waals surface area contributed by atoms with Gasteiger partial charge in [0.1, 0.15) is 0 Å². The second kappa shape index (κ2) is 6.56. The quantitative estimate of drug-likeness (QED) is 0.866. The average Bonchev–Trinajstić information content (AvgIpc) is 2.35. The van der Waals surface area contributed by atoms with Crippen molar-refractivity contribution in [1.82, 2.24) is 0 Å². The summed E-state index contributed by atoms with van der Waals surface area (Å²) < 4.78 is 37.5. The fourth-order valence-electron chi connectivity index (χ4n) is 1.56. The molecule has 0 saturated carbocycles. The number of carbonyl (C=O) groups excluding carboxylic acids is 1. The zero-order valence-corrected chi connectivity index (χ0v) is 10.6. The first-order chi connectivity index (χ1) is 8.84. The summed E-state index contributed by atoms with van der Waals surface area (Å²) >= 11 is 0. The number of unbranched alkanes of at least 4 members (excludes halogenated alkanes) is 1. The maximum absolute atomic E-state index is 12.5. The lowest BCUT2D eigenvalue weighted by Crippen LogP contribution is -2.35. The second-order valence-electron chi connectivity index (χ2n) is 4.32. The lowest BCUT2D eigenvalue weighted by atomic mass is 10.1. The highest BCUT2D eigenvalue weighted by molar-refractivity contribution is 5.94. The third-order valence-electron chi connectivity index (χ3n) is 2.66. The SMILES string of the molecule is CCCCC(N)C(=O)Nc1cccc(C(F)(F)F)c1. The third-order valence-corrected chi connectivity index (χ3v) is 2.66. The van der Waals surface area contributed by atoms with Crippen LogP contribution in [-0.4, -0.2) is 11.9 Å². The minimum atomic E-state index is -4.43. The molecule has 6 heteroatoms. The molecular formula is C13H17F3N2O. The number of nitrogens with one attached hydrogen (secondary N) is 1. The van der Waals surface area contributed by atoms with Crippen LogP contribution in [0.25, 0.3) is 0 Å². The van der Waals surface area contributed by atoms with Crippen molar-refractivity contribution < 1.29 is 18.0 Å². The Balaban J connectivity index is 2.69. The lowest BCUT2D eigenvalue weighted by Gasteiger charge is -2.13. The van der Waals surface area contributed by atoms with Crippen molar-refractivity contribution in [3.8, 4) is 0 Å². The number of anilines is 1. The van der Waals surface area contributed by atoms with Crippen molar-refractivity contribution in [2.75, 3.05) is 5.32 Å². The summed E-state index contributed by atoms with van der Waals surface area (Å²) in [5.41, 5.74) is 4.95. The Morgan fingerprint density at radius 3 is 2.68 bits per heavy atom. The van der Waals surface area contributed by atoms with E-state index in [2.05, 4.69) is 5.32 Å². The molecule has 1 unspecified atom stereocenters. The summed E-state index contributed by atoms with van der Waals surface area (Å²) in [6.45, 7) is 1.97. The molecule has 106 valence electrons. The van der Waals surface area contributed by atoms with Crippen LogP contribution in [0.3, 0.4) is 0 Å². The molecule has 0 heterocycles. The molecule has 0 aromatic heterocycles. The van der Waals surface area contributed by atoms with E-state index in [1.54, 1.807) is 0 Å². The van der Waals surface area contributed by atoms with Gasteiger partial charge in [-0.1, -0.05) is 25.8 Å². The summed E-state index contributed by atoms with van der Waals surface area (Å²) in [6, 6.07) is 3.79. The van der Waals surface area contributed by atoms with Crippen LogP contribution >= 0.6 is 0 Å². The molecule has 0 bridgehead atoms. The van der Waals surface area contributed by atoms with Crippen molar-refractivity contribution in [2.45, 2.75) is 38.4 Å². The van der Waals surface area contributed by atoms with Gasteiger partial charge in [0.05, 0.1) is 11.6 Å². The van der Waals surface area contributed by atoms with E-state index >= 15 is 0 Å². The van der Waals surface area contributed by atoms with E-state index in [9.17, 15) is 18.0 Å². The van der Waals surface area contributed by atoms with Gasteiger partial charge >= 0.3 is 6.18 Å². The normalized spacial score (nSPS) is 13.1. The summed E-state index contributed by atoms with van der Waals surface area (Å²) in [4.78, 5) is 11.7. The highest BCUT2D eigenvalue weighted by Crippen LogP contribution is 2.30. The molecule has 0 radical (unpaired) electrons. The Hall–Kier alpha value is -1.56. The summed E-state index contributed by atoms with van der Waals surface area (Å²) in [5, 5.41) is 2.40. The molecule has 0 aliphatic carbocycles. The van der Waals surface area contributed by atoms with Gasteiger partial charge in [0.15, 0.2) is 0 Å². The van der Waals surface area contributed by atoms with E-state index < -0.39 is 23.7 Å². The topological polar surface area (TPSA) is 55.1 Å². The van der Waals surface area contributed by atoms with E-state index in [-0.39, 0.29) is 5.69 Å². The fourth-order valence-corrected chi connectivity index (χ4v) is 1.56. The van der Waals surface area contributed by atoms with Gasteiger partial charge in [-0.2, -0.15) is 13.2 Å². The maximum Gasteiger partial charge on any atom is 0.416 e. The van der Waals surface area contributed by atoms with Crippen molar-refractivity contribution in [3.05, 3.63) is 29.8 Å². The molecule has 1 aromatic carbocycles. The first-order valence-electron chi connectivity index (χ1n) is 6.08. The zero-order valence-electron chi connectivity index (χ0n) is 10.6. The van der Waals surface area contributed by atoms with Gasteiger partial charge in [-0.3, -0.25) is 4.79 Å². The van der Waals surface area contributed by atoms with Crippen LogP contribution in [0.2, 0.25) is 0 Å². The van der Waals surface area contributed by atoms with Gasteiger partial charge in [0.25, 0.3) is 0 Å². The standard InChI is InChI=1S/C13H17F3N2O/c1-2-3-7-11(17)12(19)18-10-6-4-5-9(8-10)13(14,15)16/h4-6,8,11H,2-3,7,17H2,1H3,(H,18,19). The van der Waals surface area contributed by atoms with E-state index in [1.807, 2.05) is 6.92 Å². The Morgan fingerprint density at radius 1 is 1.42 bits per heavy atom. The number of nitrogens with two attached hydrogens (primary N) is 1. The van der Waals surface area contributed by atoms with Gasteiger partial charge in [0.2, 0.25) is 5.91 Å². The van der Waals surface area contributed by atoms with Gasteiger partial charge in [-0.25, -0.2) is 0 Å². The minimum Gasteiger partial charge on any atom is -0.325 e. The Kier molecular flexibility index (Phi) is 5.35. The van der Waals surface area contributed by atoms with Crippen molar-refractivity contribution >= 4 is 11.6 Å². The molecule has 0 saturated heterocycles. The van der Waals surface area contributed by atoms with Crippen LogP contribution < -0.4 is 11.1 Å². The van der Waals surface area contributed by atoms with Crippen molar-refractivity contribution in [2.24, 2.45) is 5.73 Å². The lowest BCUT2D eigenvalue weighted by molar-refractivity contribution is -0.137. The monoisotopic (exact) mass is 274 g/mol. The maximum atomic E-state index is 12.5. The van der Waals surface area contributed by atoms with Crippen LogP contribution in [0.1, 0.15) is 31.7 Å². The predicted molar refractivity (Wildman–Crippen MR) is 67.6 cm³/mol. The first-order valence-corrected chi connectivity index (χ1v) is 6.08. The van der Waals surface area contributed by atoms with Gasteiger partial charge in [-0.05, 0) is 24.6 Å². The zero-order chi connectivity index (χ0) is 14.5. The van der Waals surface area contributed by atoms with Crippen molar-refractivity contribution in [3.63, 3.8) is 0 Å². The van der Waals surface area contributed by atoms with Gasteiger partial charge in [0, 0.05) is 5.69 Å². The fraction of sp³-hybridized carbons (Fsp3) is 0.462. The number of hydrogen-bond donors (Lipinski definition) is 2. The highest BCUT2D eigenvalue weighted by Gasteiger charge is 2.30. The van der Waals surface area contributed by atoms with Gasteiger partial charge < -0.3 is 11.1 Å². The van der Waals surface area contributed by atoms with Crippen LogP contribution in [0, 0.1) is 0 Å². The first kappa shape index (κ1) is 15.5. The van der Waals surface area contributed by atoms with E-state index in [0.717, 1.165) is 25.0 Å². The summed E-state index contributed by atoms with van der Waals surface area (Å²) in [7, 11) is 0. The minimum absolute atomic E-state index is 0.103. The Bertz CT molecular complexity index is 432. The number of benzene rings is 1. The van der Waals surface area contributed by atoms with Gasteiger partial charge in [-0.15, -0.1) is 0 Å². The molecular weight excluding hydrogens is 257 g/mol. The number of rotatable bonds is 5. The van der Waals surface area contributed by atoms with Crippen molar-refractivity contribution in [1.29, 1.82) is 0 Å². The van der Waals surface area contributed by atoms with Crippen LogP contribution in [-0.2, 0) is 11.0 Å². The smallest absolute Gasteiger partial charge is 0.325 e. The Morgan fingerprint density at radius 2 is 2.11 bits per heavy atom.